The predicted molar refractivity (Wildman–Crippen MR) is 156 cm³/mol. The minimum Gasteiger partial charge on any atom is -0.387 e. The van der Waals surface area contributed by atoms with Gasteiger partial charge in [0.15, 0.2) is 0 Å². The van der Waals surface area contributed by atoms with E-state index in [4.69, 9.17) is 0 Å². The van der Waals surface area contributed by atoms with Gasteiger partial charge in [0.25, 0.3) is 0 Å². The van der Waals surface area contributed by atoms with Crippen LogP contribution in [0.1, 0.15) is 120 Å². The molecular formula is C34H46N2O4. The van der Waals surface area contributed by atoms with Crippen LogP contribution in [-0.4, -0.2) is 33.2 Å². The van der Waals surface area contributed by atoms with E-state index in [1.54, 1.807) is 0 Å². The van der Waals surface area contributed by atoms with E-state index in [9.17, 15) is 19.8 Å². The lowest BCUT2D eigenvalue weighted by atomic mass is 9.70. The normalized spacial score (nSPS) is 23.4. The van der Waals surface area contributed by atoms with Crippen LogP contribution in [0.2, 0.25) is 0 Å². The molecule has 5 rings (SSSR count). The molecule has 3 aliphatic rings. The van der Waals surface area contributed by atoms with Gasteiger partial charge in [0.05, 0.1) is 23.3 Å². The van der Waals surface area contributed by atoms with Gasteiger partial charge in [-0.15, -0.1) is 0 Å². The number of rotatable bonds is 8. The first-order valence-corrected chi connectivity index (χ1v) is 15.5. The third kappa shape index (κ3) is 5.99. The number of amides is 2. The maximum atomic E-state index is 14.4. The molecule has 6 heteroatoms. The zero-order chi connectivity index (χ0) is 28.1. The molecule has 6 nitrogen and oxygen atoms in total. The Hall–Kier alpha value is -2.70. The summed E-state index contributed by atoms with van der Waals surface area (Å²) in [5.74, 6) is -0.611. The smallest absolute Gasteiger partial charge is 0.236 e. The Morgan fingerprint density at radius 2 is 0.850 bits per heavy atom. The third-order valence-corrected chi connectivity index (χ3v) is 9.91. The molecule has 3 aliphatic carbocycles. The molecule has 216 valence electrons. The van der Waals surface area contributed by atoms with Crippen molar-refractivity contribution in [3.63, 3.8) is 0 Å². The molecule has 0 aliphatic heterocycles. The predicted octanol–water partition coefficient (Wildman–Crippen LogP) is 6.04. The van der Waals surface area contributed by atoms with Crippen molar-refractivity contribution in [1.29, 1.82) is 0 Å². The highest BCUT2D eigenvalue weighted by Crippen LogP contribution is 2.44. The van der Waals surface area contributed by atoms with Gasteiger partial charge in [0.2, 0.25) is 11.8 Å². The summed E-state index contributed by atoms with van der Waals surface area (Å²) in [6, 6.07) is 18.2. The lowest BCUT2D eigenvalue weighted by Crippen LogP contribution is -2.58. The van der Waals surface area contributed by atoms with Crippen molar-refractivity contribution in [2.45, 2.75) is 120 Å². The van der Waals surface area contributed by atoms with Crippen LogP contribution in [0, 0.1) is 5.41 Å². The van der Waals surface area contributed by atoms with E-state index in [0.29, 0.717) is 38.5 Å². The van der Waals surface area contributed by atoms with Crippen molar-refractivity contribution in [3.05, 3.63) is 71.8 Å². The number of hydrogen-bond donors (Lipinski definition) is 4. The second-order valence-electron chi connectivity index (χ2n) is 12.6. The molecule has 2 atom stereocenters. The van der Waals surface area contributed by atoms with Crippen molar-refractivity contribution < 1.29 is 19.8 Å². The van der Waals surface area contributed by atoms with E-state index in [2.05, 4.69) is 10.6 Å². The van der Waals surface area contributed by atoms with Crippen LogP contribution < -0.4 is 10.6 Å². The van der Waals surface area contributed by atoms with Crippen LogP contribution in [0.15, 0.2) is 60.7 Å². The van der Waals surface area contributed by atoms with Crippen LogP contribution in [0.3, 0.4) is 0 Å². The molecule has 2 unspecified atom stereocenters. The summed E-state index contributed by atoms with van der Waals surface area (Å²) in [4.78, 5) is 28.7. The molecule has 0 saturated heterocycles. The minimum absolute atomic E-state index is 0.306. The Morgan fingerprint density at radius 3 is 1.20 bits per heavy atom. The monoisotopic (exact) mass is 546 g/mol. The Labute approximate surface area is 239 Å². The fraction of sp³-hybridized carbons (Fsp3) is 0.588. The van der Waals surface area contributed by atoms with Crippen LogP contribution in [0.25, 0.3) is 0 Å². The molecule has 0 radical (unpaired) electrons. The maximum Gasteiger partial charge on any atom is 0.236 e. The molecule has 2 aromatic rings. The van der Waals surface area contributed by atoms with Gasteiger partial charge in [-0.3, -0.25) is 9.59 Å². The quantitative estimate of drug-likeness (QED) is 0.303. The molecule has 2 amide bonds. The number of aliphatic hydroxyl groups is 2. The molecule has 4 N–H and O–H groups in total. The van der Waals surface area contributed by atoms with Crippen molar-refractivity contribution >= 4 is 11.8 Å². The van der Waals surface area contributed by atoms with Crippen molar-refractivity contribution in [2.75, 3.05) is 0 Å². The average Bonchev–Trinajstić information content (AvgIpc) is 3.00. The minimum atomic E-state index is -1.24. The first-order valence-electron chi connectivity index (χ1n) is 15.5. The van der Waals surface area contributed by atoms with Crippen LogP contribution in [-0.2, 0) is 9.59 Å². The standard InChI is InChI=1S/C34H46N2O4/c37-30(35-28(26-16-6-1-7-17-26)33(39)22-12-4-13-23-33)32(20-10-3-11-21-32)31(38)36-29(27-18-8-2-9-19-27)34(40)24-14-5-15-25-34/h1-2,6-9,16-19,28-29,39-40H,3-5,10-15,20-25H2,(H,35,37)(H,36,38). The molecule has 3 saturated carbocycles. The van der Waals surface area contributed by atoms with Crippen LogP contribution >= 0.6 is 0 Å². The zero-order valence-corrected chi connectivity index (χ0v) is 23.7. The van der Waals surface area contributed by atoms with Gasteiger partial charge in [0.1, 0.15) is 5.41 Å². The Kier molecular flexibility index (Phi) is 8.96. The summed E-state index contributed by atoms with van der Waals surface area (Å²) in [5, 5.41) is 30.1. The fourth-order valence-corrected chi connectivity index (χ4v) is 7.50. The molecule has 40 heavy (non-hydrogen) atoms. The molecule has 0 spiro atoms. The molecule has 0 heterocycles. The molecule has 2 aromatic carbocycles. The highest BCUT2D eigenvalue weighted by molar-refractivity contribution is 6.05. The number of hydrogen-bond acceptors (Lipinski definition) is 4. The van der Waals surface area contributed by atoms with Crippen molar-refractivity contribution in [2.24, 2.45) is 5.41 Å². The number of benzene rings is 2. The maximum absolute atomic E-state index is 14.4. The van der Waals surface area contributed by atoms with Gasteiger partial charge >= 0.3 is 0 Å². The number of nitrogens with one attached hydrogen (secondary N) is 2. The topological polar surface area (TPSA) is 98.7 Å². The molecule has 3 fully saturated rings. The van der Waals surface area contributed by atoms with Gasteiger partial charge < -0.3 is 20.8 Å². The van der Waals surface area contributed by atoms with E-state index >= 15 is 0 Å². The summed E-state index contributed by atoms with van der Waals surface area (Å²) in [6.45, 7) is 0. The molecule has 0 bridgehead atoms. The van der Waals surface area contributed by atoms with E-state index in [0.717, 1.165) is 68.9 Å². The van der Waals surface area contributed by atoms with Crippen LogP contribution in [0.4, 0.5) is 0 Å². The van der Waals surface area contributed by atoms with Gasteiger partial charge in [-0.1, -0.05) is 118 Å². The summed E-state index contributed by atoms with van der Waals surface area (Å²) < 4.78 is 0. The first-order chi connectivity index (χ1) is 19.4. The van der Waals surface area contributed by atoms with Gasteiger partial charge in [-0.25, -0.2) is 0 Å². The second kappa shape index (κ2) is 12.4. The van der Waals surface area contributed by atoms with Crippen molar-refractivity contribution in [3.8, 4) is 0 Å². The highest BCUT2D eigenvalue weighted by atomic mass is 16.3. The largest absolute Gasteiger partial charge is 0.387 e. The third-order valence-electron chi connectivity index (χ3n) is 9.91. The lowest BCUT2D eigenvalue weighted by molar-refractivity contribution is -0.150. The number of carbonyl (C=O) groups excluding carboxylic acids is 2. The van der Waals surface area contributed by atoms with Crippen molar-refractivity contribution in [1.82, 2.24) is 10.6 Å². The summed E-state index contributed by atoms with van der Waals surface area (Å²) in [5.41, 5.74) is -1.61. The van der Waals surface area contributed by atoms with Gasteiger partial charge in [-0.2, -0.15) is 0 Å². The van der Waals surface area contributed by atoms with Gasteiger partial charge in [0, 0.05) is 0 Å². The van der Waals surface area contributed by atoms with Crippen LogP contribution in [0.5, 0.6) is 0 Å². The van der Waals surface area contributed by atoms with E-state index < -0.39 is 28.7 Å². The Bertz CT molecular complexity index is 1030. The Balaban J connectivity index is 1.45. The molecule has 0 aromatic heterocycles. The lowest BCUT2D eigenvalue weighted by Gasteiger charge is -2.44. The molecular weight excluding hydrogens is 500 g/mol. The van der Waals surface area contributed by atoms with E-state index in [-0.39, 0.29) is 11.8 Å². The van der Waals surface area contributed by atoms with Gasteiger partial charge in [-0.05, 0) is 49.7 Å². The second-order valence-corrected chi connectivity index (χ2v) is 12.6. The summed E-state index contributed by atoms with van der Waals surface area (Å²) in [6.07, 6.45) is 11.8. The summed E-state index contributed by atoms with van der Waals surface area (Å²) >= 11 is 0. The van der Waals surface area contributed by atoms with E-state index in [1.165, 1.54) is 0 Å². The van der Waals surface area contributed by atoms with E-state index in [1.807, 2.05) is 60.7 Å². The number of carbonyl (C=O) groups is 2. The fourth-order valence-electron chi connectivity index (χ4n) is 7.50. The zero-order valence-electron chi connectivity index (χ0n) is 23.7. The highest BCUT2D eigenvalue weighted by Gasteiger charge is 2.51. The first kappa shape index (κ1) is 28.8. The Morgan fingerprint density at radius 1 is 0.525 bits per heavy atom. The summed E-state index contributed by atoms with van der Waals surface area (Å²) in [7, 11) is 0. The SMILES string of the molecule is O=C(NC(c1ccccc1)C1(O)CCCCC1)C1(C(=O)NC(c2ccccc2)C2(O)CCCCC2)CCCCC1. The average molecular weight is 547 g/mol.